The minimum atomic E-state index is -0.286. The van der Waals surface area contributed by atoms with Crippen molar-refractivity contribution in [3.63, 3.8) is 0 Å². The van der Waals surface area contributed by atoms with Gasteiger partial charge in [0.2, 0.25) is 0 Å². The highest BCUT2D eigenvalue weighted by atomic mass is 19.1. The third kappa shape index (κ3) is 4.41. The lowest BCUT2D eigenvalue weighted by molar-refractivity contribution is 0.0696. The predicted molar refractivity (Wildman–Crippen MR) is 112 cm³/mol. The van der Waals surface area contributed by atoms with Gasteiger partial charge in [-0.1, -0.05) is 19.3 Å². The van der Waals surface area contributed by atoms with E-state index in [4.69, 9.17) is 4.98 Å². The summed E-state index contributed by atoms with van der Waals surface area (Å²) >= 11 is 0. The molecule has 2 aliphatic rings. The second-order valence-corrected chi connectivity index (χ2v) is 8.19. The molecule has 29 heavy (non-hydrogen) atoms. The van der Waals surface area contributed by atoms with Gasteiger partial charge in [-0.15, -0.1) is 0 Å². The standard InChI is InChI=1S/C23H29FN4O/c1-27(19-8-4-2-5-9-19)23(29)20-16-25-21(17-10-12-18(24)13-11-17)26-22(20)28-14-6-3-7-15-28/h10-13,16,19H,2-9,14-15H2,1H3. The Hall–Kier alpha value is -2.50. The predicted octanol–water partition coefficient (Wildman–Crippen LogP) is 4.68. The van der Waals surface area contributed by atoms with E-state index in [0.717, 1.165) is 44.3 Å². The van der Waals surface area contributed by atoms with Gasteiger partial charge < -0.3 is 9.80 Å². The second-order valence-electron chi connectivity index (χ2n) is 8.19. The molecule has 2 aromatic rings. The van der Waals surface area contributed by atoms with Gasteiger partial charge in [-0.25, -0.2) is 14.4 Å². The van der Waals surface area contributed by atoms with E-state index in [2.05, 4.69) is 9.88 Å². The Labute approximate surface area is 172 Å². The Bertz CT molecular complexity index is 842. The van der Waals surface area contributed by atoms with E-state index < -0.39 is 0 Å². The number of carbonyl (C=O) groups is 1. The normalized spacial score (nSPS) is 17.9. The van der Waals surface area contributed by atoms with Crippen LogP contribution in [0.2, 0.25) is 0 Å². The zero-order chi connectivity index (χ0) is 20.2. The number of benzene rings is 1. The first-order valence-electron chi connectivity index (χ1n) is 10.8. The lowest BCUT2D eigenvalue weighted by Gasteiger charge is -2.33. The molecule has 154 valence electrons. The molecule has 4 rings (SSSR count). The molecular formula is C23H29FN4O. The molecule has 1 amide bonds. The van der Waals surface area contributed by atoms with Crippen molar-refractivity contribution < 1.29 is 9.18 Å². The highest BCUT2D eigenvalue weighted by molar-refractivity contribution is 5.99. The summed E-state index contributed by atoms with van der Waals surface area (Å²) in [5.74, 6) is 0.961. The number of nitrogens with zero attached hydrogens (tertiary/aromatic N) is 4. The minimum Gasteiger partial charge on any atom is -0.356 e. The maximum absolute atomic E-state index is 13.4. The Morgan fingerprint density at radius 1 is 1.03 bits per heavy atom. The topological polar surface area (TPSA) is 49.3 Å². The molecule has 1 aliphatic carbocycles. The van der Waals surface area contributed by atoms with Gasteiger partial charge in [0.1, 0.15) is 17.2 Å². The summed E-state index contributed by atoms with van der Waals surface area (Å²) in [7, 11) is 1.91. The van der Waals surface area contributed by atoms with Crippen molar-refractivity contribution in [2.24, 2.45) is 0 Å². The Morgan fingerprint density at radius 2 is 1.69 bits per heavy atom. The Morgan fingerprint density at radius 3 is 2.38 bits per heavy atom. The molecule has 0 atom stereocenters. The number of aromatic nitrogens is 2. The average Bonchev–Trinajstić information content (AvgIpc) is 2.79. The van der Waals surface area contributed by atoms with Crippen LogP contribution in [0.5, 0.6) is 0 Å². The van der Waals surface area contributed by atoms with Gasteiger partial charge in [0.05, 0.1) is 0 Å². The van der Waals surface area contributed by atoms with Gasteiger partial charge in [-0.2, -0.15) is 0 Å². The van der Waals surface area contributed by atoms with Crippen LogP contribution in [0.15, 0.2) is 30.5 Å². The van der Waals surface area contributed by atoms with Gasteiger partial charge >= 0.3 is 0 Å². The first-order chi connectivity index (χ1) is 14.1. The maximum atomic E-state index is 13.4. The fraction of sp³-hybridized carbons (Fsp3) is 0.522. The number of piperidine rings is 1. The molecule has 0 spiro atoms. The number of halogens is 1. The van der Waals surface area contributed by atoms with E-state index >= 15 is 0 Å². The van der Waals surface area contributed by atoms with Crippen molar-refractivity contribution in [1.82, 2.24) is 14.9 Å². The number of hydrogen-bond donors (Lipinski definition) is 0. The number of hydrogen-bond acceptors (Lipinski definition) is 4. The van der Waals surface area contributed by atoms with Gasteiger partial charge in [0.25, 0.3) is 5.91 Å². The van der Waals surface area contributed by atoms with Crippen LogP contribution in [0.1, 0.15) is 61.7 Å². The largest absolute Gasteiger partial charge is 0.356 e. The van der Waals surface area contributed by atoms with Crippen LogP contribution in [-0.2, 0) is 0 Å². The quantitative estimate of drug-likeness (QED) is 0.753. The van der Waals surface area contributed by atoms with Crippen molar-refractivity contribution >= 4 is 11.7 Å². The van der Waals surface area contributed by atoms with Gasteiger partial charge in [0, 0.05) is 37.9 Å². The van der Waals surface area contributed by atoms with E-state index in [1.807, 2.05) is 11.9 Å². The number of anilines is 1. The lowest BCUT2D eigenvalue weighted by Crippen LogP contribution is -2.40. The molecule has 5 nitrogen and oxygen atoms in total. The van der Waals surface area contributed by atoms with Crippen LogP contribution in [0, 0.1) is 5.82 Å². The van der Waals surface area contributed by atoms with E-state index in [1.165, 1.54) is 37.8 Å². The second kappa shape index (κ2) is 8.89. The lowest BCUT2D eigenvalue weighted by atomic mass is 9.94. The SMILES string of the molecule is CN(C(=O)c1cnc(-c2ccc(F)cc2)nc1N1CCCCC1)C1CCCCC1. The smallest absolute Gasteiger partial charge is 0.259 e. The monoisotopic (exact) mass is 396 g/mol. The van der Waals surface area contributed by atoms with Gasteiger partial charge in [-0.3, -0.25) is 4.79 Å². The fourth-order valence-electron chi connectivity index (χ4n) is 4.43. The highest BCUT2D eigenvalue weighted by Crippen LogP contribution is 2.28. The molecule has 1 aromatic carbocycles. The van der Waals surface area contributed by atoms with Crippen LogP contribution in [0.4, 0.5) is 10.2 Å². The summed E-state index contributed by atoms with van der Waals surface area (Å²) in [6, 6.07) is 6.48. The minimum absolute atomic E-state index is 0.00290. The van der Waals surface area contributed by atoms with Crippen LogP contribution in [0.25, 0.3) is 11.4 Å². The molecule has 2 fully saturated rings. The van der Waals surface area contributed by atoms with Gasteiger partial charge in [0.15, 0.2) is 5.82 Å². The third-order valence-corrected chi connectivity index (χ3v) is 6.20. The molecule has 6 heteroatoms. The summed E-state index contributed by atoms with van der Waals surface area (Å²) in [5, 5.41) is 0. The maximum Gasteiger partial charge on any atom is 0.259 e. The molecule has 1 saturated carbocycles. The molecule has 1 aliphatic heterocycles. The summed E-state index contributed by atoms with van der Waals surface area (Å²) in [6.45, 7) is 1.79. The summed E-state index contributed by atoms with van der Waals surface area (Å²) < 4.78 is 13.3. The van der Waals surface area contributed by atoms with Crippen molar-refractivity contribution in [2.45, 2.75) is 57.4 Å². The highest BCUT2D eigenvalue weighted by Gasteiger charge is 2.28. The number of rotatable bonds is 4. The van der Waals surface area contributed by atoms with E-state index in [-0.39, 0.29) is 11.7 Å². The van der Waals surface area contributed by atoms with E-state index in [9.17, 15) is 9.18 Å². The van der Waals surface area contributed by atoms with Crippen LogP contribution in [-0.4, -0.2) is 47.0 Å². The third-order valence-electron chi connectivity index (χ3n) is 6.20. The molecule has 0 N–H and O–H groups in total. The molecule has 0 bridgehead atoms. The zero-order valence-electron chi connectivity index (χ0n) is 17.1. The molecule has 1 aromatic heterocycles. The number of carbonyl (C=O) groups excluding carboxylic acids is 1. The first-order valence-corrected chi connectivity index (χ1v) is 10.8. The van der Waals surface area contributed by atoms with Crippen LogP contribution in [0.3, 0.4) is 0 Å². The summed E-state index contributed by atoms with van der Waals surface area (Å²) in [4.78, 5) is 26.7. The first kappa shape index (κ1) is 19.8. The van der Waals surface area contributed by atoms with E-state index in [1.54, 1.807) is 18.3 Å². The summed E-state index contributed by atoms with van der Waals surface area (Å²) in [5.41, 5.74) is 1.33. The molecule has 1 saturated heterocycles. The Kier molecular flexibility index (Phi) is 6.07. The van der Waals surface area contributed by atoms with Crippen LogP contribution >= 0.6 is 0 Å². The van der Waals surface area contributed by atoms with Crippen molar-refractivity contribution in [3.05, 3.63) is 41.8 Å². The molecule has 0 radical (unpaired) electrons. The molecule has 0 unspecified atom stereocenters. The zero-order valence-corrected chi connectivity index (χ0v) is 17.1. The Balaban J connectivity index is 1.67. The molecule has 2 heterocycles. The van der Waals surface area contributed by atoms with Gasteiger partial charge in [-0.05, 0) is 56.4 Å². The fourth-order valence-corrected chi connectivity index (χ4v) is 4.43. The van der Waals surface area contributed by atoms with Crippen molar-refractivity contribution in [3.8, 4) is 11.4 Å². The van der Waals surface area contributed by atoms with E-state index in [0.29, 0.717) is 23.2 Å². The average molecular weight is 397 g/mol. The van der Waals surface area contributed by atoms with Crippen LogP contribution < -0.4 is 4.90 Å². The van der Waals surface area contributed by atoms with Crippen molar-refractivity contribution in [1.29, 1.82) is 0 Å². The van der Waals surface area contributed by atoms with Crippen molar-refractivity contribution in [2.75, 3.05) is 25.0 Å². The molecular weight excluding hydrogens is 367 g/mol. The number of amides is 1. The summed E-state index contributed by atoms with van der Waals surface area (Å²) in [6.07, 6.45) is 10.8.